The molecule has 4 nitrogen and oxygen atoms in total. The average molecular weight is 208 g/mol. The highest BCUT2D eigenvalue weighted by molar-refractivity contribution is 5.80. The van der Waals surface area contributed by atoms with Gasteiger partial charge in [-0.1, -0.05) is 18.2 Å². The van der Waals surface area contributed by atoms with Gasteiger partial charge in [-0.05, 0) is 13.0 Å². The minimum atomic E-state index is -0.269. The topological polar surface area (TPSA) is 61.4 Å². The number of likely N-dealkylation sites (N-methyl/N-ethyl adjacent to an activating group) is 1. The van der Waals surface area contributed by atoms with E-state index in [1.54, 1.807) is 26.1 Å². The van der Waals surface area contributed by atoms with Crippen molar-refractivity contribution < 1.29 is 9.90 Å². The Hall–Kier alpha value is -1.55. The second kappa shape index (κ2) is 5.36. The molecule has 0 spiro atoms. The summed E-state index contributed by atoms with van der Waals surface area (Å²) in [6.45, 7) is 2.25. The zero-order valence-corrected chi connectivity index (χ0v) is 8.95. The zero-order chi connectivity index (χ0) is 11.3. The molecule has 0 aliphatic heterocycles. The quantitative estimate of drug-likeness (QED) is 0.679. The molecule has 1 aromatic rings. The zero-order valence-electron chi connectivity index (χ0n) is 8.95. The Labute approximate surface area is 89.3 Å². The fraction of sp³-hybridized carbons (Fsp3) is 0.364. The van der Waals surface area contributed by atoms with Gasteiger partial charge in [0.15, 0.2) is 0 Å². The van der Waals surface area contributed by atoms with Gasteiger partial charge in [0.1, 0.15) is 5.75 Å². The Morgan fingerprint density at radius 1 is 1.47 bits per heavy atom. The number of carbonyl (C=O) groups excluding carboxylic acids is 1. The van der Waals surface area contributed by atoms with Crippen LogP contribution in [0.5, 0.6) is 5.75 Å². The van der Waals surface area contributed by atoms with Crippen LogP contribution >= 0.6 is 0 Å². The maximum Gasteiger partial charge on any atom is 0.236 e. The maximum absolute atomic E-state index is 11.2. The lowest BCUT2D eigenvalue weighted by Crippen LogP contribution is -2.40. The third-order valence-electron chi connectivity index (χ3n) is 2.23. The van der Waals surface area contributed by atoms with Crippen LogP contribution < -0.4 is 10.6 Å². The molecular weight excluding hydrogens is 192 g/mol. The van der Waals surface area contributed by atoms with Gasteiger partial charge in [0.2, 0.25) is 5.91 Å². The molecular formula is C11H16N2O2. The number of aromatic hydroxyl groups is 1. The van der Waals surface area contributed by atoms with Crippen LogP contribution in [0.2, 0.25) is 0 Å². The fourth-order valence-electron chi connectivity index (χ4n) is 1.23. The summed E-state index contributed by atoms with van der Waals surface area (Å²) < 4.78 is 0. The molecule has 1 aromatic carbocycles. The van der Waals surface area contributed by atoms with Crippen molar-refractivity contribution in [1.82, 2.24) is 10.6 Å². The Kier molecular flexibility index (Phi) is 4.12. The number of hydrogen-bond acceptors (Lipinski definition) is 3. The van der Waals surface area contributed by atoms with Gasteiger partial charge in [-0.15, -0.1) is 0 Å². The van der Waals surface area contributed by atoms with E-state index in [4.69, 9.17) is 0 Å². The van der Waals surface area contributed by atoms with Gasteiger partial charge < -0.3 is 15.7 Å². The molecule has 1 rings (SSSR count). The molecule has 0 radical (unpaired) electrons. The minimum absolute atomic E-state index is 0.0644. The predicted octanol–water partition coefficient (Wildman–Crippen LogP) is 0.616. The monoisotopic (exact) mass is 208 g/mol. The van der Waals surface area contributed by atoms with Crippen molar-refractivity contribution >= 4 is 5.91 Å². The number of phenols is 1. The lowest BCUT2D eigenvalue weighted by Gasteiger charge is -2.12. The van der Waals surface area contributed by atoms with E-state index in [0.29, 0.717) is 6.54 Å². The summed E-state index contributed by atoms with van der Waals surface area (Å²) in [6, 6.07) is 6.79. The molecule has 3 N–H and O–H groups in total. The average Bonchev–Trinajstić information content (AvgIpc) is 2.26. The normalized spacial score (nSPS) is 12.1. The molecule has 0 aromatic heterocycles. The lowest BCUT2D eigenvalue weighted by molar-refractivity contribution is -0.122. The van der Waals surface area contributed by atoms with E-state index in [2.05, 4.69) is 10.6 Å². The Morgan fingerprint density at radius 3 is 2.73 bits per heavy atom. The van der Waals surface area contributed by atoms with Crippen molar-refractivity contribution in [2.45, 2.75) is 19.5 Å². The molecule has 1 atom stereocenters. The summed E-state index contributed by atoms with van der Waals surface area (Å²) in [5, 5.41) is 15.0. The van der Waals surface area contributed by atoms with E-state index in [0.717, 1.165) is 5.56 Å². The van der Waals surface area contributed by atoms with E-state index < -0.39 is 0 Å². The van der Waals surface area contributed by atoms with Crippen LogP contribution in [0.1, 0.15) is 12.5 Å². The minimum Gasteiger partial charge on any atom is -0.508 e. The highest BCUT2D eigenvalue weighted by Crippen LogP contribution is 2.14. The lowest BCUT2D eigenvalue weighted by atomic mass is 10.2. The molecule has 15 heavy (non-hydrogen) atoms. The molecule has 0 saturated carbocycles. The van der Waals surface area contributed by atoms with Crippen LogP contribution in [0.4, 0.5) is 0 Å². The van der Waals surface area contributed by atoms with Crippen LogP contribution in [-0.4, -0.2) is 24.1 Å². The summed E-state index contributed by atoms with van der Waals surface area (Å²) in [5.41, 5.74) is 0.785. The van der Waals surface area contributed by atoms with Gasteiger partial charge in [0.25, 0.3) is 0 Å². The Morgan fingerprint density at radius 2 is 2.13 bits per heavy atom. The second-order valence-corrected chi connectivity index (χ2v) is 3.35. The molecule has 0 aliphatic rings. The Bertz CT molecular complexity index is 339. The molecule has 0 fully saturated rings. The number of carbonyl (C=O) groups is 1. The first-order valence-electron chi connectivity index (χ1n) is 4.87. The van der Waals surface area contributed by atoms with Crippen molar-refractivity contribution in [3.63, 3.8) is 0 Å². The van der Waals surface area contributed by atoms with E-state index in [1.807, 2.05) is 12.1 Å². The number of phenolic OH excluding ortho intramolecular Hbond substituents is 1. The van der Waals surface area contributed by atoms with Crippen LogP contribution in [0.3, 0.4) is 0 Å². The van der Waals surface area contributed by atoms with Crippen LogP contribution in [-0.2, 0) is 11.3 Å². The summed E-state index contributed by atoms with van der Waals surface area (Å²) in [4.78, 5) is 11.2. The van der Waals surface area contributed by atoms with Crippen LogP contribution in [0.15, 0.2) is 24.3 Å². The standard InChI is InChI=1S/C11H16N2O2/c1-8(11(15)12-2)13-7-9-5-3-4-6-10(9)14/h3-6,8,13-14H,7H2,1-2H3,(H,12,15). The highest BCUT2D eigenvalue weighted by atomic mass is 16.3. The van der Waals surface area contributed by atoms with Crippen molar-refractivity contribution in [1.29, 1.82) is 0 Å². The SMILES string of the molecule is CNC(=O)C(C)NCc1ccccc1O. The number of hydrogen-bond donors (Lipinski definition) is 3. The first-order chi connectivity index (χ1) is 7.15. The second-order valence-electron chi connectivity index (χ2n) is 3.35. The fourth-order valence-corrected chi connectivity index (χ4v) is 1.23. The summed E-state index contributed by atoms with van der Waals surface area (Å²) in [6.07, 6.45) is 0. The van der Waals surface area contributed by atoms with E-state index in [1.165, 1.54) is 0 Å². The number of rotatable bonds is 4. The first-order valence-corrected chi connectivity index (χ1v) is 4.87. The summed E-state index contributed by atoms with van der Waals surface area (Å²) >= 11 is 0. The van der Waals surface area contributed by atoms with Gasteiger partial charge >= 0.3 is 0 Å². The third kappa shape index (κ3) is 3.25. The highest BCUT2D eigenvalue weighted by Gasteiger charge is 2.10. The third-order valence-corrected chi connectivity index (χ3v) is 2.23. The van der Waals surface area contributed by atoms with Crippen molar-refractivity contribution in [3.8, 4) is 5.75 Å². The Balaban J connectivity index is 2.50. The molecule has 0 aliphatic carbocycles. The van der Waals surface area contributed by atoms with Crippen molar-refractivity contribution in [2.75, 3.05) is 7.05 Å². The molecule has 4 heteroatoms. The number of benzene rings is 1. The predicted molar refractivity (Wildman–Crippen MR) is 58.5 cm³/mol. The summed E-state index contributed by atoms with van der Waals surface area (Å²) in [5.74, 6) is 0.180. The van der Waals surface area contributed by atoms with Crippen molar-refractivity contribution in [2.24, 2.45) is 0 Å². The summed E-state index contributed by atoms with van der Waals surface area (Å²) in [7, 11) is 1.60. The molecule has 1 unspecified atom stereocenters. The van der Waals surface area contributed by atoms with Gasteiger partial charge in [-0.2, -0.15) is 0 Å². The maximum atomic E-state index is 11.2. The van der Waals surface area contributed by atoms with Crippen molar-refractivity contribution in [3.05, 3.63) is 29.8 Å². The number of nitrogens with one attached hydrogen (secondary N) is 2. The van der Waals surface area contributed by atoms with Crippen LogP contribution in [0, 0.1) is 0 Å². The molecule has 0 bridgehead atoms. The number of para-hydroxylation sites is 1. The first kappa shape index (κ1) is 11.5. The van der Waals surface area contributed by atoms with Gasteiger partial charge in [0.05, 0.1) is 6.04 Å². The van der Waals surface area contributed by atoms with Crippen LogP contribution in [0.25, 0.3) is 0 Å². The van der Waals surface area contributed by atoms with E-state index >= 15 is 0 Å². The van der Waals surface area contributed by atoms with E-state index in [-0.39, 0.29) is 17.7 Å². The molecule has 82 valence electrons. The number of amides is 1. The van der Waals surface area contributed by atoms with E-state index in [9.17, 15) is 9.90 Å². The molecule has 0 saturated heterocycles. The van der Waals surface area contributed by atoms with Gasteiger partial charge in [-0.25, -0.2) is 0 Å². The molecule has 1 amide bonds. The largest absolute Gasteiger partial charge is 0.508 e. The van der Waals surface area contributed by atoms with Gasteiger partial charge in [-0.3, -0.25) is 4.79 Å². The smallest absolute Gasteiger partial charge is 0.236 e. The molecule has 0 heterocycles. The van der Waals surface area contributed by atoms with Gasteiger partial charge in [0, 0.05) is 19.2 Å².